The highest BCUT2D eigenvalue weighted by molar-refractivity contribution is 7.94. The van der Waals surface area contributed by atoms with Crippen molar-refractivity contribution in [2.45, 2.75) is 13.8 Å². The molecule has 0 atom stereocenters. The lowest BCUT2D eigenvalue weighted by Gasteiger charge is -2.16. The largest absolute Gasteiger partial charge is 0.465 e. The average molecular weight is 392 g/mol. The molecule has 0 fully saturated rings. The molecule has 0 aromatic heterocycles. The van der Waals surface area contributed by atoms with Gasteiger partial charge >= 0.3 is 22.1 Å². The smallest absolute Gasteiger partial charge is 0.340 e. The van der Waals surface area contributed by atoms with Crippen molar-refractivity contribution in [2.75, 3.05) is 23.7 Å². The van der Waals surface area contributed by atoms with Crippen LogP contribution in [0.1, 0.15) is 31.8 Å². The zero-order valence-electron chi connectivity index (χ0n) is 15.3. The molecule has 2 rings (SSSR count). The normalized spacial score (nSPS) is 10.8. The number of carbonyl (C=O) groups excluding carboxylic acids is 2. The quantitative estimate of drug-likeness (QED) is 0.731. The second kappa shape index (κ2) is 8.09. The summed E-state index contributed by atoms with van der Waals surface area (Å²) in [5, 5.41) is 0. The van der Waals surface area contributed by atoms with Crippen LogP contribution < -0.4 is 9.44 Å². The minimum Gasteiger partial charge on any atom is -0.465 e. The number of nitrogens with one attached hydrogen (secondary N) is 2. The third kappa shape index (κ3) is 4.76. The Bertz CT molecular complexity index is 965. The van der Waals surface area contributed by atoms with E-state index in [1.165, 1.54) is 25.3 Å². The molecule has 0 amide bonds. The second-order valence-electron chi connectivity index (χ2n) is 5.72. The fraction of sp³-hybridized carbons (Fsp3) is 0.222. The Kier molecular flexibility index (Phi) is 6.06. The molecule has 0 spiro atoms. The highest BCUT2D eigenvalue weighted by Crippen LogP contribution is 2.24. The molecule has 0 saturated heterocycles. The summed E-state index contributed by atoms with van der Waals surface area (Å²) >= 11 is 0. The standard InChI is InChI=1S/C18H20N2O6S/c1-11-6-5-7-12(2)16(11)20-27(23,24)19-15-9-8-13(17(21)25-3)10-14(15)18(22)26-4/h5-10,19-20H,1-4H3. The number of esters is 2. The molecular weight excluding hydrogens is 372 g/mol. The van der Waals surface area contributed by atoms with Crippen LogP contribution in [-0.2, 0) is 19.7 Å². The Morgan fingerprint density at radius 1 is 0.889 bits per heavy atom. The number of ether oxygens (including phenoxy) is 2. The van der Waals surface area contributed by atoms with Gasteiger partial charge in [-0.15, -0.1) is 0 Å². The van der Waals surface area contributed by atoms with Gasteiger partial charge in [-0.05, 0) is 43.2 Å². The zero-order valence-corrected chi connectivity index (χ0v) is 16.1. The molecule has 8 nitrogen and oxygen atoms in total. The van der Waals surface area contributed by atoms with Crippen LogP contribution in [0.5, 0.6) is 0 Å². The van der Waals surface area contributed by atoms with Crippen LogP contribution in [0.2, 0.25) is 0 Å². The van der Waals surface area contributed by atoms with Crippen LogP contribution in [0.25, 0.3) is 0 Å². The van der Waals surface area contributed by atoms with Gasteiger partial charge in [0.25, 0.3) is 0 Å². The van der Waals surface area contributed by atoms with Gasteiger partial charge in [0.15, 0.2) is 0 Å². The molecule has 2 aromatic rings. The van der Waals surface area contributed by atoms with Gasteiger partial charge < -0.3 is 9.47 Å². The first-order valence-corrected chi connectivity index (χ1v) is 9.34. The second-order valence-corrected chi connectivity index (χ2v) is 7.13. The number of aryl methyl sites for hydroxylation is 2. The maximum Gasteiger partial charge on any atom is 0.340 e. The number of methoxy groups -OCH3 is 2. The summed E-state index contributed by atoms with van der Waals surface area (Å²) in [6, 6.07) is 9.20. The van der Waals surface area contributed by atoms with Gasteiger partial charge in [0, 0.05) is 0 Å². The van der Waals surface area contributed by atoms with Gasteiger partial charge in [0.2, 0.25) is 0 Å². The van der Waals surface area contributed by atoms with Crippen molar-refractivity contribution in [1.29, 1.82) is 0 Å². The van der Waals surface area contributed by atoms with Gasteiger partial charge in [-0.25, -0.2) is 9.59 Å². The third-order valence-electron chi connectivity index (χ3n) is 3.81. The molecule has 0 aliphatic heterocycles. The summed E-state index contributed by atoms with van der Waals surface area (Å²) in [6.07, 6.45) is 0. The summed E-state index contributed by atoms with van der Waals surface area (Å²) < 4.78 is 39.1. The van der Waals surface area contributed by atoms with Crippen LogP contribution in [0, 0.1) is 13.8 Å². The number of hydrogen-bond acceptors (Lipinski definition) is 6. The van der Waals surface area contributed by atoms with E-state index in [4.69, 9.17) is 0 Å². The van der Waals surface area contributed by atoms with E-state index in [0.29, 0.717) is 5.69 Å². The van der Waals surface area contributed by atoms with Gasteiger partial charge in [0.05, 0.1) is 36.7 Å². The Labute approximate surface area is 157 Å². The van der Waals surface area contributed by atoms with Crippen molar-refractivity contribution in [3.05, 3.63) is 58.7 Å². The molecule has 0 aliphatic rings. The molecule has 0 aliphatic carbocycles. The van der Waals surface area contributed by atoms with E-state index in [0.717, 1.165) is 18.2 Å². The van der Waals surface area contributed by atoms with Crippen molar-refractivity contribution in [1.82, 2.24) is 0 Å². The molecule has 0 saturated carbocycles. The topological polar surface area (TPSA) is 111 Å². The highest BCUT2D eigenvalue weighted by Gasteiger charge is 2.20. The fourth-order valence-electron chi connectivity index (χ4n) is 2.44. The zero-order chi connectivity index (χ0) is 20.2. The fourth-order valence-corrected chi connectivity index (χ4v) is 3.55. The highest BCUT2D eigenvalue weighted by atomic mass is 32.2. The number of rotatable bonds is 6. The van der Waals surface area contributed by atoms with E-state index >= 15 is 0 Å². The third-order valence-corrected chi connectivity index (χ3v) is 4.77. The van der Waals surface area contributed by atoms with E-state index in [1.807, 2.05) is 6.07 Å². The minimum absolute atomic E-state index is 0.0340. The molecule has 0 radical (unpaired) electrons. The molecular formula is C18H20N2O6S. The van der Waals surface area contributed by atoms with Crippen LogP contribution in [0.4, 0.5) is 11.4 Å². The molecule has 0 unspecified atom stereocenters. The van der Waals surface area contributed by atoms with Gasteiger partial charge in [0.1, 0.15) is 0 Å². The summed E-state index contributed by atoms with van der Waals surface area (Å²) in [5.74, 6) is -1.46. The summed E-state index contributed by atoms with van der Waals surface area (Å²) in [6.45, 7) is 3.55. The maximum atomic E-state index is 12.5. The van der Waals surface area contributed by atoms with E-state index in [1.54, 1.807) is 26.0 Å². The van der Waals surface area contributed by atoms with Crippen LogP contribution >= 0.6 is 0 Å². The van der Waals surface area contributed by atoms with Crippen molar-refractivity contribution < 1.29 is 27.5 Å². The summed E-state index contributed by atoms with van der Waals surface area (Å²) in [5.41, 5.74) is 1.86. The number of para-hydroxylation sites is 1. The van der Waals surface area contributed by atoms with Crippen molar-refractivity contribution in [3.63, 3.8) is 0 Å². The summed E-state index contributed by atoms with van der Waals surface area (Å²) in [4.78, 5) is 23.7. The lowest BCUT2D eigenvalue weighted by atomic mass is 10.1. The monoisotopic (exact) mass is 392 g/mol. The first kappa shape index (κ1) is 20.2. The lowest BCUT2D eigenvalue weighted by Crippen LogP contribution is -2.24. The molecule has 27 heavy (non-hydrogen) atoms. The summed E-state index contributed by atoms with van der Waals surface area (Å²) in [7, 11) is -1.71. The van der Waals surface area contributed by atoms with Crippen LogP contribution in [-0.4, -0.2) is 34.6 Å². The average Bonchev–Trinajstić information content (AvgIpc) is 2.63. The Morgan fingerprint density at radius 3 is 2.04 bits per heavy atom. The Morgan fingerprint density at radius 2 is 1.48 bits per heavy atom. The van der Waals surface area contributed by atoms with E-state index in [-0.39, 0.29) is 16.8 Å². The van der Waals surface area contributed by atoms with E-state index < -0.39 is 22.1 Å². The van der Waals surface area contributed by atoms with Gasteiger partial charge in [-0.2, -0.15) is 8.42 Å². The molecule has 144 valence electrons. The predicted octanol–water partition coefficient (Wildman–Crippen LogP) is 2.65. The van der Waals surface area contributed by atoms with Crippen LogP contribution in [0.3, 0.4) is 0 Å². The number of hydrogen-bond donors (Lipinski definition) is 2. The lowest BCUT2D eigenvalue weighted by molar-refractivity contribution is 0.0600. The van der Waals surface area contributed by atoms with E-state index in [2.05, 4.69) is 18.9 Å². The van der Waals surface area contributed by atoms with Crippen molar-refractivity contribution >= 4 is 33.5 Å². The first-order valence-electron chi connectivity index (χ1n) is 7.86. The Hall–Kier alpha value is -3.07. The van der Waals surface area contributed by atoms with Gasteiger partial charge in [-0.3, -0.25) is 9.44 Å². The Balaban J connectivity index is 2.40. The van der Waals surface area contributed by atoms with Crippen molar-refractivity contribution in [3.8, 4) is 0 Å². The molecule has 0 bridgehead atoms. The molecule has 0 heterocycles. The maximum absolute atomic E-state index is 12.5. The number of anilines is 2. The van der Waals surface area contributed by atoms with Crippen LogP contribution in [0.15, 0.2) is 36.4 Å². The first-order chi connectivity index (χ1) is 12.7. The SMILES string of the molecule is COC(=O)c1ccc(NS(=O)(=O)Nc2c(C)cccc2C)c(C(=O)OC)c1. The molecule has 2 aromatic carbocycles. The number of benzene rings is 2. The molecule has 2 N–H and O–H groups in total. The van der Waals surface area contributed by atoms with Gasteiger partial charge in [-0.1, -0.05) is 18.2 Å². The van der Waals surface area contributed by atoms with Crippen molar-refractivity contribution in [2.24, 2.45) is 0 Å². The minimum atomic E-state index is -4.06. The number of carbonyl (C=O) groups is 2. The predicted molar refractivity (Wildman–Crippen MR) is 101 cm³/mol. The molecule has 9 heteroatoms. The van der Waals surface area contributed by atoms with E-state index in [9.17, 15) is 18.0 Å².